The van der Waals surface area contributed by atoms with E-state index in [2.05, 4.69) is 0 Å². The molecule has 2 rings (SSSR count). The summed E-state index contributed by atoms with van der Waals surface area (Å²) in [6.45, 7) is 0. The van der Waals surface area contributed by atoms with Crippen molar-refractivity contribution in [2.75, 3.05) is 0 Å². The molecule has 2 nitrogen and oxygen atoms in total. The van der Waals surface area contributed by atoms with Gasteiger partial charge in [-0.15, -0.1) is 0 Å². The Balaban J connectivity index is 2.11. The van der Waals surface area contributed by atoms with Crippen LogP contribution in [0.3, 0.4) is 0 Å². The third kappa shape index (κ3) is 0.926. The lowest BCUT2D eigenvalue weighted by molar-refractivity contribution is -0.0953. The van der Waals surface area contributed by atoms with Gasteiger partial charge in [0.05, 0.1) is 5.60 Å². The fraction of sp³-hybridized carbons (Fsp3) is 1.00. The summed E-state index contributed by atoms with van der Waals surface area (Å²) >= 11 is 0. The van der Waals surface area contributed by atoms with Gasteiger partial charge in [-0.05, 0) is 32.1 Å². The number of hydrogen-bond acceptors (Lipinski definition) is 2. The van der Waals surface area contributed by atoms with Crippen molar-refractivity contribution in [2.24, 2.45) is 5.73 Å². The average Bonchev–Trinajstić information content (AvgIpc) is 2.32. The molecule has 0 unspecified atom stereocenters. The number of rotatable bonds is 1. The first-order valence-electron chi connectivity index (χ1n) is 4.68. The molecule has 2 aliphatic carbocycles. The van der Waals surface area contributed by atoms with Crippen LogP contribution in [0.5, 0.6) is 0 Å². The minimum atomic E-state index is -0.483. The van der Waals surface area contributed by atoms with E-state index in [0.29, 0.717) is 0 Å². The zero-order valence-electron chi connectivity index (χ0n) is 6.97. The number of hydrogen-bond donors (Lipinski definition) is 2. The van der Waals surface area contributed by atoms with Crippen LogP contribution >= 0.6 is 0 Å². The highest BCUT2D eigenvalue weighted by molar-refractivity contribution is 5.09. The third-order valence-electron chi connectivity index (χ3n) is 3.60. The quantitative estimate of drug-likeness (QED) is 0.597. The lowest BCUT2D eigenvalue weighted by Crippen LogP contribution is -2.62. The van der Waals surface area contributed by atoms with Crippen molar-refractivity contribution in [3.63, 3.8) is 0 Å². The summed E-state index contributed by atoms with van der Waals surface area (Å²) in [5.41, 5.74) is 5.45. The summed E-state index contributed by atoms with van der Waals surface area (Å²) in [7, 11) is 0. The zero-order valence-corrected chi connectivity index (χ0v) is 6.97. The van der Waals surface area contributed by atoms with E-state index < -0.39 is 5.60 Å². The Labute approximate surface area is 67.8 Å². The maximum Gasteiger partial charge on any atom is 0.0826 e. The van der Waals surface area contributed by atoms with Crippen molar-refractivity contribution in [1.29, 1.82) is 0 Å². The van der Waals surface area contributed by atoms with Gasteiger partial charge in [-0.2, -0.15) is 0 Å². The Morgan fingerprint density at radius 2 is 1.45 bits per heavy atom. The predicted octanol–water partition coefficient (Wildman–Crippen LogP) is 1.17. The second kappa shape index (κ2) is 2.20. The maximum absolute atomic E-state index is 10.0. The molecule has 2 aliphatic rings. The monoisotopic (exact) mass is 155 g/mol. The van der Waals surface area contributed by atoms with E-state index in [1.165, 1.54) is 12.8 Å². The summed E-state index contributed by atoms with van der Waals surface area (Å²) in [4.78, 5) is 0. The summed E-state index contributed by atoms with van der Waals surface area (Å²) in [5.74, 6) is 0. The summed E-state index contributed by atoms with van der Waals surface area (Å²) in [6, 6.07) is 0. The van der Waals surface area contributed by atoms with Crippen LogP contribution in [0.25, 0.3) is 0 Å². The van der Waals surface area contributed by atoms with Crippen molar-refractivity contribution in [2.45, 2.75) is 56.1 Å². The van der Waals surface area contributed by atoms with Crippen LogP contribution in [-0.4, -0.2) is 16.2 Å². The van der Waals surface area contributed by atoms with Gasteiger partial charge in [-0.3, -0.25) is 0 Å². The second-order valence-electron chi connectivity index (χ2n) is 4.25. The van der Waals surface area contributed by atoms with Crippen LogP contribution in [0.15, 0.2) is 0 Å². The number of aliphatic hydroxyl groups is 1. The fourth-order valence-electron chi connectivity index (χ4n) is 2.48. The Morgan fingerprint density at radius 3 is 1.82 bits per heavy atom. The molecule has 2 saturated carbocycles. The summed E-state index contributed by atoms with van der Waals surface area (Å²) in [5, 5.41) is 10.0. The van der Waals surface area contributed by atoms with Gasteiger partial charge in [0, 0.05) is 5.54 Å². The maximum atomic E-state index is 10.0. The molecule has 0 atom stereocenters. The van der Waals surface area contributed by atoms with E-state index in [9.17, 15) is 5.11 Å². The molecule has 0 saturated heterocycles. The first-order chi connectivity index (χ1) is 5.16. The molecular weight excluding hydrogens is 138 g/mol. The molecule has 0 aromatic heterocycles. The van der Waals surface area contributed by atoms with Crippen molar-refractivity contribution in [3.05, 3.63) is 0 Å². The van der Waals surface area contributed by atoms with Crippen LogP contribution in [0, 0.1) is 0 Å². The van der Waals surface area contributed by atoms with Gasteiger partial charge in [0.25, 0.3) is 0 Å². The molecule has 64 valence electrons. The Morgan fingerprint density at radius 1 is 0.909 bits per heavy atom. The van der Waals surface area contributed by atoms with Crippen molar-refractivity contribution < 1.29 is 5.11 Å². The van der Waals surface area contributed by atoms with E-state index in [0.717, 1.165) is 32.1 Å². The molecule has 0 bridgehead atoms. The van der Waals surface area contributed by atoms with Gasteiger partial charge in [0.15, 0.2) is 0 Å². The standard InChI is InChI=1S/C9H17NO/c10-8(4-1-2-5-8)9(11)6-3-7-9/h11H,1-7,10H2. The first kappa shape index (κ1) is 7.56. The molecule has 11 heavy (non-hydrogen) atoms. The van der Waals surface area contributed by atoms with Gasteiger partial charge in [-0.25, -0.2) is 0 Å². The van der Waals surface area contributed by atoms with E-state index in [1.807, 2.05) is 0 Å². The van der Waals surface area contributed by atoms with E-state index >= 15 is 0 Å². The van der Waals surface area contributed by atoms with Gasteiger partial charge in [-0.1, -0.05) is 12.8 Å². The van der Waals surface area contributed by atoms with E-state index in [4.69, 9.17) is 5.73 Å². The smallest absolute Gasteiger partial charge is 0.0826 e. The molecule has 0 amide bonds. The van der Waals surface area contributed by atoms with Crippen LogP contribution in [0.2, 0.25) is 0 Å². The van der Waals surface area contributed by atoms with Crippen LogP contribution in [0.4, 0.5) is 0 Å². The Kier molecular flexibility index (Phi) is 1.52. The fourth-order valence-corrected chi connectivity index (χ4v) is 2.48. The molecular formula is C9H17NO. The van der Waals surface area contributed by atoms with Crippen molar-refractivity contribution in [1.82, 2.24) is 0 Å². The van der Waals surface area contributed by atoms with Gasteiger partial charge in [0.2, 0.25) is 0 Å². The molecule has 0 radical (unpaired) electrons. The van der Waals surface area contributed by atoms with Crippen molar-refractivity contribution >= 4 is 0 Å². The Hall–Kier alpha value is -0.0800. The Bertz CT molecular complexity index is 157. The molecule has 0 aromatic carbocycles. The van der Waals surface area contributed by atoms with Crippen molar-refractivity contribution in [3.8, 4) is 0 Å². The highest BCUT2D eigenvalue weighted by Crippen LogP contribution is 2.46. The summed E-state index contributed by atoms with van der Waals surface area (Å²) < 4.78 is 0. The summed E-state index contributed by atoms with van der Waals surface area (Å²) in [6.07, 6.45) is 7.51. The van der Waals surface area contributed by atoms with Gasteiger partial charge >= 0.3 is 0 Å². The van der Waals surface area contributed by atoms with Gasteiger partial charge in [0.1, 0.15) is 0 Å². The van der Waals surface area contributed by atoms with Crippen LogP contribution in [-0.2, 0) is 0 Å². The van der Waals surface area contributed by atoms with E-state index in [-0.39, 0.29) is 5.54 Å². The van der Waals surface area contributed by atoms with E-state index in [1.54, 1.807) is 0 Å². The largest absolute Gasteiger partial charge is 0.388 e. The third-order valence-corrected chi connectivity index (χ3v) is 3.60. The molecule has 2 fully saturated rings. The minimum absolute atomic E-state index is 0.217. The molecule has 0 heterocycles. The van der Waals surface area contributed by atoms with Gasteiger partial charge < -0.3 is 10.8 Å². The minimum Gasteiger partial charge on any atom is -0.388 e. The lowest BCUT2D eigenvalue weighted by Gasteiger charge is -2.48. The second-order valence-corrected chi connectivity index (χ2v) is 4.25. The van der Waals surface area contributed by atoms with Crippen LogP contribution < -0.4 is 5.73 Å². The topological polar surface area (TPSA) is 46.2 Å². The first-order valence-corrected chi connectivity index (χ1v) is 4.68. The predicted molar refractivity (Wildman–Crippen MR) is 44.2 cm³/mol. The van der Waals surface area contributed by atoms with Crippen LogP contribution in [0.1, 0.15) is 44.9 Å². The molecule has 3 N–H and O–H groups in total. The highest BCUT2D eigenvalue weighted by atomic mass is 16.3. The molecule has 2 heteroatoms. The lowest BCUT2D eigenvalue weighted by atomic mass is 9.66. The molecule has 0 aromatic rings. The number of nitrogens with two attached hydrogens (primary N) is 1. The average molecular weight is 155 g/mol. The highest BCUT2D eigenvalue weighted by Gasteiger charge is 2.52. The SMILES string of the molecule is NC1(C2(O)CCC2)CCCC1. The normalized spacial score (nSPS) is 33.3. The zero-order chi connectivity index (χ0) is 7.95. The molecule has 0 spiro atoms. The molecule has 0 aliphatic heterocycles.